The maximum atomic E-state index is 13.0. The van der Waals surface area contributed by atoms with Gasteiger partial charge in [-0.15, -0.1) is 0 Å². The molecular formula is C23H29N5O. The van der Waals surface area contributed by atoms with Gasteiger partial charge in [-0.05, 0) is 38.3 Å². The third-order valence-corrected chi connectivity index (χ3v) is 6.00. The topological polar surface area (TPSA) is 54.3 Å². The number of fused-ring (bicyclic) bond motifs is 1. The summed E-state index contributed by atoms with van der Waals surface area (Å²) >= 11 is 0. The minimum atomic E-state index is 0.0400. The van der Waals surface area contributed by atoms with Crippen LogP contribution in [-0.2, 0) is 6.54 Å². The SMILES string of the molecule is CC(C)N1CCC(N(C)C(=O)c2cnc3c(cnn3Cc3ccccc3)c2)CC1. The van der Waals surface area contributed by atoms with Gasteiger partial charge in [-0.25, -0.2) is 9.67 Å². The summed E-state index contributed by atoms with van der Waals surface area (Å²) in [5.74, 6) is 0.0400. The molecule has 152 valence electrons. The molecule has 0 atom stereocenters. The molecule has 0 bridgehead atoms. The fourth-order valence-electron chi connectivity index (χ4n) is 4.12. The maximum Gasteiger partial charge on any atom is 0.255 e. The van der Waals surface area contributed by atoms with E-state index in [4.69, 9.17) is 0 Å². The van der Waals surface area contributed by atoms with Crippen molar-refractivity contribution in [3.05, 3.63) is 59.9 Å². The molecule has 6 nitrogen and oxygen atoms in total. The average molecular weight is 392 g/mol. The monoisotopic (exact) mass is 391 g/mol. The van der Waals surface area contributed by atoms with E-state index < -0.39 is 0 Å². The lowest BCUT2D eigenvalue weighted by Gasteiger charge is -2.38. The summed E-state index contributed by atoms with van der Waals surface area (Å²) in [5, 5.41) is 5.37. The highest BCUT2D eigenvalue weighted by atomic mass is 16.2. The molecule has 0 saturated carbocycles. The predicted octanol–water partition coefficient (Wildman–Crippen LogP) is 3.42. The number of piperidine rings is 1. The number of nitrogens with zero attached hydrogens (tertiary/aromatic N) is 5. The second-order valence-electron chi connectivity index (χ2n) is 8.20. The number of carbonyl (C=O) groups excluding carboxylic acids is 1. The summed E-state index contributed by atoms with van der Waals surface area (Å²) in [4.78, 5) is 22.0. The standard InChI is InChI=1S/C23H29N5O/c1-17(2)27-11-9-21(10-12-27)26(3)23(29)20-13-19-15-25-28(22(19)24-14-20)16-18-7-5-4-6-8-18/h4-8,13-15,17,21H,9-12,16H2,1-3H3. The van der Waals surface area contributed by atoms with Crippen molar-refractivity contribution in [3.63, 3.8) is 0 Å². The Morgan fingerprint density at radius 1 is 1.17 bits per heavy atom. The van der Waals surface area contributed by atoms with Crippen molar-refractivity contribution in [3.8, 4) is 0 Å². The number of benzene rings is 1. The van der Waals surface area contributed by atoms with Gasteiger partial charge in [-0.1, -0.05) is 30.3 Å². The second kappa shape index (κ2) is 8.33. The number of carbonyl (C=O) groups is 1. The molecule has 0 unspecified atom stereocenters. The Morgan fingerprint density at radius 2 is 1.90 bits per heavy atom. The largest absolute Gasteiger partial charge is 0.339 e. The first-order valence-electron chi connectivity index (χ1n) is 10.4. The summed E-state index contributed by atoms with van der Waals surface area (Å²) in [6.45, 7) is 7.22. The molecule has 1 saturated heterocycles. The molecule has 0 N–H and O–H groups in total. The molecule has 0 spiro atoms. The van der Waals surface area contributed by atoms with E-state index in [9.17, 15) is 4.79 Å². The molecule has 3 aromatic rings. The van der Waals surface area contributed by atoms with E-state index in [-0.39, 0.29) is 11.9 Å². The van der Waals surface area contributed by atoms with Crippen molar-refractivity contribution in [1.82, 2.24) is 24.6 Å². The molecule has 1 aliphatic heterocycles. The van der Waals surface area contributed by atoms with Crippen LogP contribution in [0.5, 0.6) is 0 Å². The van der Waals surface area contributed by atoms with Crippen LogP contribution in [0.15, 0.2) is 48.8 Å². The van der Waals surface area contributed by atoms with Crippen molar-refractivity contribution >= 4 is 16.9 Å². The van der Waals surface area contributed by atoms with E-state index in [1.807, 2.05) is 40.9 Å². The third kappa shape index (κ3) is 4.17. The molecule has 1 amide bonds. The molecule has 1 aliphatic rings. The molecule has 29 heavy (non-hydrogen) atoms. The fraction of sp³-hybridized carbons (Fsp3) is 0.435. The quantitative estimate of drug-likeness (QED) is 0.669. The van der Waals surface area contributed by atoms with Crippen LogP contribution in [-0.4, -0.2) is 62.7 Å². The lowest BCUT2D eigenvalue weighted by molar-refractivity contribution is 0.0615. The van der Waals surface area contributed by atoms with Crippen LogP contribution in [0.2, 0.25) is 0 Å². The third-order valence-electron chi connectivity index (χ3n) is 6.00. The predicted molar refractivity (Wildman–Crippen MR) is 115 cm³/mol. The minimum Gasteiger partial charge on any atom is -0.339 e. The zero-order valence-electron chi connectivity index (χ0n) is 17.5. The van der Waals surface area contributed by atoms with Crippen LogP contribution in [0.1, 0.15) is 42.6 Å². The highest BCUT2D eigenvalue weighted by Crippen LogP contribution is 2.21. The van der Waals surface area contributed by atoms with Gasteiger partial charge in [0, 0.05) is 43.8 Å². The van der Waals surface area contributed by atoms with Gasteiger partial charge in [-0.3, -0.25) is 4.79 Å². The molecule has 2 aromatic heterocycles. The first kappa shape index (κ1) is 19.6. The lowest BCUT2D eigenvalue weighted by Crippen LogP contribution is -2.47. The summed E-state index contributed by atoms with van der Waals surface area (Å²) in [5.41, 5.74) is 2.61. The van der Waals surface area contributed by atoms with Crippen molar-refractivity contribution < 1.29 is 4.79 Å². The van der Waals surface area contributed by atoms with E-state index in [0.29, 0.717) is 18.2 Å². The van der Waals surface area contributed by atoms with Crippen LogP contribution < -0.4 is 0 Å². The van der Waals surface area contributed by atoms with Crippen LogP contribution in [0.3, 0.4) is 0 Å². The Bertz CT molecular complexity index is 973. The van der Waals surface area contributed by atoms with Crippen LogP contribution in [0.25, 0.3) is 11.0 Å². The molecule has 1 aromatic carbocycles. The van der Waals surface area contributed by atoms with Gasteiger partial charge in [0.05, 0.1) is 18.3 Å². The minimum absolute atomic E-state index is 0.0400. The average Bonchev–Trinajstić information content (AvgIpc) is 3.15. The second-order valence-corrected chi connectivity index (χ2v) is 8.20. The zero-order chi connectivity index (χ0) is 20.4. The van der Waals surface area contributed by atoms with E-state index in [0.717, 1.165) is 37.0 Å². The Hall–Kier alpha value is -2.73. The molecule has 1 fully saturated rings. The number of rotatable bonds is 5. The summed E-state index contributed by atoms with van der Waals surface area (Å²) in [7, 11) is 1.92. The summed E-state index contributed by atoms with van der Waals surface area (Å²) in [6, 6.07) is 13.0. The number of amides is 1. The van der Waals surface area contributed by atoms with Gasteiger partial charge in [0.25, 0.3) is 5.91 Å². The first-order valence-corrected chi connectivity index (χ1v) is 10.4. The Labute approximate surface area is 172 Å². The van der Waals surface area contributed by atoms with Gasteiger partial charge in [0.1, 0.15) is 0 Å². The van der Waals surface area contributed by atoms with E-state index in [1.165, 1.54) is 5.56 Å². The molecule has 0 radical (unpaired) electrons. The molecule has 6 heteroatoms. The van der Waals surface area contributed by atoms with Crippen molar-refractivity contribution in [1.29, 1.82) is 0 Å². The number of hydrogen-bond acceptors (Lipinski definition) is 4. The summed E-state index contributed by atoms with van der Waals surface area (Å²) < 4.78 is 1.88. The van der Waals surface area contributed by atoms with Gasteiger partial charge in [0.15, 0.2) is 5.65 Å². The lowest BCUT2D eigenvalue weighted by atomic mass is 10.0. The van der Waals surface area contributed by atoms with Crippen molar-refractivity contribution in [2.75, 3.05) is 20.1 Å². The van der Waals surface area contributed by atoms with Crippen molar-refractivity contribution in [2.24, 2.45) is 0 Å². The van der Waals surface area contributed by atoms with Gasteiger partial charge < -0.3 is 9.80 Å². The number of pyridine rings is 1. The molecule has 3 heterocycles. The van der Waals surface area contributed by atoms with Gasteiger partial charge in [0.2, 0.25) is 0 Å². The van der Waals surface area contributed by atoms with Crippen molar-refractivity contribution in [2.45, 2.75) is 45.3 Å². The van der Waals surface area contributed by atoms with E-state index in [1.54, 1.807) is 12.4 Å². The normalized spacial score (nSPS) is 15.9. The Kier molecular flexibility index (Phi) is 5.62. The van der Waals surface area contributed by atoms with Crippen LogP contribution >= 0.6 is 0 Å². The van der Waals surface area contributed by atoms with Gasteiger partial charge >= 0.3 is 0 Å². The van der Waals surface area contributed by atoms with E-state index >= 15 is 0 Å². The zero-order valence-corrected chi connectivity index (χ0v) is 17.5. The number of likely N-dealkylation sites (tertiary alicyclic amines) is 1. The Balaban J connectivity index is 1.47. The Morgan fingerprint density at radius 3 is 2.59 bits per heavy atom. The van der Waals surface area contributed by atoms with Crippen LogP contribution in [0.4, 0.5) is 0 Å². The van der Waals surface area contributed by atoms with Gasteiger partial charge in [-0.2, -0.15) is 5.10 Å². The molecule has 4 rings (SSSR count). The molecule has 0 aliphatic carbocycles. The number of hydrogen-bond donors (Lipinski definition) is 0. The highest BCUT2D eigenvalue weighted by molar-refractivity contribution is 5.96. The van der Waals surface area contributed by atoms with E-state index in [2.05, 4.69) is 41.0 Å². The smallest absolute Gasteiger partial charge is 0.255 e. The molecular weight excluding hydrogens is 362 g/mol. The summed E-state index contributed by atoms with van der Waals surface area (Å²) in [6.07, 6.45) is 5.52. The fourth-order valence-corrected chi connectivity index (χ4v) is 4.12. The highest BCUT2D eigenvalue weighted by Gasteiger charge is 2.27. The first-order chi connectivity index (χ1) is 14.0. The van der Waals surface area contributed by atoms with Crippen LogP contribution in [0, 0.1) is 0 Å². The maximum absolute atomic E-state index is 13.0. The number of aromatic nitrogens is 3.